The Morgan fingerprint density at radius 2 is 1.77 bits per heavy atom. The summed E-state index contributed by atoms with van der Waals surface area (Å²) < 4.78 is 0. The van der Waals surface area contributed by atoms with E-state index in [0.717, 1.165) is 33.2 Å². The molecule has 4 heteroatoms. The molecule has 1 unspecified atom stereocenters. The van der Waals surface area contributed by atoms with E-state index in [1.54, 1.807) is 6.07 Å². The Morgan fingerprint density at radius 1 is 0.935 bits per heavy atom. The zero-order valence-electron chi connectivity index (χ0n) is 17.1. The molecule has 4 aromatic carbocycles. The molecule has 1 aliphatic rings. The molecule has 1 aliphatic heterocycles. The normalized spacial score (nSPS) is 15.9. The second-order valence-electron chi connectivity index (χ2n) is 8.11. The van der Waals surface area contributed by atoms with Crippen molar-refractivity contribution >= 4 is 45.6 Å². The largest absolute Gasteiger partial charge is 0.308 e. The molecule has 0 bridgehead atoms. The molecule has 154 valence electrons. The van der Waals surface area contributed by atoms with Crippen LogP contribution >= 0.6 is 23.2 Å². The van der Waals surface area contributed by atoms with Crippen LogP contribution in [-0.4, -0.2) is 5.91 Å². The first-order chi connectivity index (χ1) is 15.0. The Labute approximate surface area is 192 Å². The van der Waals surface area contributed by atoms with Crippen LogP contribution < -0.4 is 4.90 Å². The number of hydrogen-bond acceptors (Lipinski definition) is 1. The molecule has 0 N–H and O–H groups in total. The third-order valence-electron chi connectivity index (χ3n) is 6.03. The smallest absolute Gasteiger partial charge is 0.228 e. The Morgan fingerprint density at radius 3 is 2.58 bits per heavy atom. The number of rotatable bonds is 3. The molecule has 0 spiro atoms. The molecule has 0 aliphatic carbocycles. The summed E-state index contributed by atoms with van der Waals surface area (Å²) >= 11 is 12.7. The zero-order valence-corrected chi connectivity index (χ0v) is 18.6. The first-order valence-electron chi connectivity index (χ1n) is 10.3. The molecule has 4 aromatic rings. The van der Waals surface area contributed by atoms with Crippen LogP contribution in [0.3, 0.4) is 0 Å². The summed E-state index contributed by atoms with van der Waals surface area (Å²) in [7, 11) is 0. The van der Waals surface area contributed by atoms with E-state index in [4.69, 9.17) is 23.2 Å². The number of halogens is 2. The molecule has 0 fully saturated rings. The van der Waals surface area contributed by atoms with Gasteiger partial charge in [-0.3, -0.25) is 4.79 Å². The van der Waals surface area contributed by atoms with Gasteiger partial charge in [0.15, 0.2) is 0 Å². The zero-order chi connectivity index (χ0) is 21.5. The van der Waals surface area contributed by atoms with E-state index >= 15 is 0 Å². The number of aryl methyl sites for hydroxylation is 1. The van der Waals surface area contributed by atoms with Gasteiger partial charge in [0.1, 0.15) is 0 Å². The van der Waals surface area contributed by atoms with Gasteiger partial charge >= 0.3 is 0 Å². The molecule has 1 atom stereocenters. The topological polar surface area (TPSA) is 20.3 Å². The molecule has 31 heavy (non-hydrogen) atoms. The molecule has 2 nitrogen and oxygen atoms in total. The molecule has 5 rings (SSSR count). The molecule has 0 radical (unpaired) electrons. The number of hydrogen-bond donors (Lipinski definition) is 0. The lowest BCUT2D eigenvalue weighted by molar-refractivity contribution is -0.119. The number of benzene rings is 4. The van der Waals surface area contributed by atoms with Gasteiger partial charge in [0.2, 0.25) is 5.91 Å². The highest BCUT2D eigenvalue weighted by Crippen LogP contribution is 2.46. The van der Waals surface area contributed by atoms with Crippen molar-refractivity contribution in [3.05, 3.63) is 111 Å². The standard InChI is InChI=1S/C27H21Cl2NO/c1-17-5-4-6-18(13-17)16-30-25-12-9-19-7-2-3-8-21(19)27(25)23(15-26(30)31)22-11-10-20(28)14-24(22)29/h2-14,23H,15-16H2,1H3. The maximum Gasteiger partial charge on any atom is 0.228 e. The van der Waals surface area contributed by atoms with Crippen LogP contribution in [0.2, 0.25) is 10.0 Å². The number of carbonyl (C=O) groups excluding carboxylic acids is 1. The monoisotopic (exact) mass is 445 g/mol. The highest BCUT2D eigenvalue weighted by Gasteiger charge is 2.34. The number of anilines is 1. The molecule has 1 amide bonds. The first kappa shape index (κ1) is 20.1. The lowest BCUT2D eigenvalue weighted by Crippen LogP contribution is -2.36. The van der Waals surface area contributed by atoms with Gasteiger partial charge in [-0.1, -0.05) is 89.4 Å². The first-order valence-corrected chi connectivity index (χ1v) is 11.1. The minimum absolute atomic E-state index is 0.0975. The summed E-state index contributed by atoms with van der Waals surface area (Å²) in [6.07, 6.45) is 0.369. The van der Waals surface area contributed by atoms with E-state index in [0.29, 0.717) is 23.0 Å². The highest BCUT2D eigenvalue weighted by atomic mass is 35.5. The average molecular weight is 446 g/mol. The Kier molecular flexibility index (Phi) is 5.21. The minimum Gasteiger partial charge on any atom is -0.308 e. The van der Waals surface area contributed by atoms with Crippen molar-refractivity contribution in [2.24, 2.45) is 0 Å². The van der Waals surface area contributed by atoms with Crippen LogP contribution in [0.1, 0.15) is 34.6 Å². The van der Waals surface area contributed by atoms with Crippen LogP contribution in [0.25, 0.3) is 10.8 Å². The molecular formula is C27H21Cl2NO. The second-order valence-corrected chi connectivity index (χ2v) is 8.95. The van der Waals surface area contributed by atoms with Crippen molar-refractivity contribution in [1.82, 2.24) is 0 Å². The predicted molar refractivity (Wildman–Crippen MR) is 129 cm³/mol. The van der Waals surface area contributed by atoms with Crippen molar-refractivity contribution in [3.63, 3.8) is 0 Å². The van der Waals surface area contributed by atoms with Crippen LogP contribution in [0.15, 0.2) is 78.9 Å². The van der Waals surface area contributed by atoms with E-state index < -0.39 is 0 Å². The van der Waals surface area contributed by atoms with Gasteiger partial charge in [0, 0.05) is 28.1 Å². The minimum atomic E-state index is -0.118. The number of carbonyl (C=O) groups is 1. The molecule has 0 aromatic heterocycles. The van der Waals surface area contributed by atoms with Crippen LogP contribution in [0.4, 0.5) is 5.69 Å². The average Bonchev–Trinajstić information content (AvgIpc) is 2.75. The van der Waals surface area contributed by atoms with E-state index in [2.05, 4.69) is 49.4 Å². The van der Waals surface area contributed by atoms with Gasteiger partial charge in [0.05, 0.1) is 6.54 Å². The fourth-order valence-corrected chi connectivity index (χ4v) is 5.16. The van der Waals surface area contributed by atoms with Gasteiger partial charge in [-0.2, -0.15) is 0 Å². The number of amides is 1. The summed E-state index contributed by atoms with van der Waals surface area (Å²) in [6, 6.07) is 26.4. The van der Waals surface area contributed by atoms with Crippen LogP contribution in [0, 0.1) is 6.92 Å². The predicted octanol–water partition coefficient (Wildman–Crippen LogP) is 7.52. The number of nitrogens with zero attached hydrogens (tertiary/aromatic N) is 1. The van der Waals surface area contributed by atoms with Gasteiger partial charge in [0.25, 0.3) is 0 Å². The number of fused-ring (bicyclic) bond motifs is 3. The summed E-state index contributed by atoms with van der Waals surface area (Å²) in [5.41, 5.74) is 5.34. The van der Waals surface area contributed by atoms with E-state index in [9.17, 15) is 4.79 Å². The SMILES string of the molecule is Cc1cccc(CN2C(=O)CC(c3ccc(Cl)cc3Cl)c3c2ccc2ccccc32)c1. The van der Waals surface area contributed by atoms with Crippen LogP contribution in [0.5, 0.6) is 0 Å². The van der Waals surface area contributed by atoms with E-state index in [1.165, 1.54) is 5.56 Å². The summed E-state index contributed by atoms with van der Waals surface area (Å²) in [4.78, 5) is 15.3. The Hall–Kier alpha value is -2.81. The lowest BCUT2D eigenvalue weighted by atomic mass is 9.81. The summed E-state index contributed by atoms with van der Waals surface area (Å²) in [5.74, 6) is -0.0209. The Bertz CT molecular complexity index is 1310. The van der Waals surface area contributed by atoms with Gasteiger partial charge in [-0.05, 0) is 52.6 Å². The molecule has 0 saturated heterocycles. The summed E-state index contributed by atoms with van der Waals surface area (Å²) in [6.45, 7) is 2.62. The van der Waals surface area contributed by atoms with Crippen molar-refractivity contribution in [3.8, 4) is 0 Å². The summed E-state index contributed by atoms with van der Waals surface area (Å²) in [5, 5.41) is 3.49. The lowest BCUT2D eigenvalue weighted by Gasteiger charge is -2.36. The fourth-order valence-electron chi connectivity index (χ4n) is 4.62. The maximum atomic E-state index is 13.4. The maximum absolute atomic E-state index is 13.4. The van der Waals surface area contributed by atoms with Gasteiger partial charge < -0.3 is 4.90 Å². The van der Waals surface area contributed by atoms with Crippen LogP contribution in [-0.2, 0) is 11.3 Å². The second kappa shape index (κ2) is 8.03. The third kappa shape index (κ3) is 3.71. The van der Waals surface area contributed by atoms with E-state index in [-0.39, 0.29) is 11.8 Å². The third-order valence-corrected chi connectivity index (χ3v) is 6.59. The van der Waals surface area contributed by atoms with Crippen molar-refractivity contribution in [1.29, 1.82) is 0 Å². The van der Waals surface area contributed by atoms with Crippen molar-refractivity contribution < 1.29 is 4.79 Å². The van der Waals surface area contributed by atoms with Gasteiger partial charge in [-0.15, -0.1) is 0 Å². The van der Waals surface area contributed by atoms with E-state index in [1.807, 2.05) is 35.2 Å². The molecule has 1 heterocycles. The Balaban J connectivity index is 1.70. The fraction of sp³-hybridized carbons (Fsp3) is 0.148. The molecular weight excluding hydrogens is 425 g/mol. The highest BCUT2D eigenvalue weighted by molar-refractivity contribution is 6.35. The molecule has 0 saturated carbocycles. The van der Waals surface area contributed by atoms with Crippen molar-refractivity contribution in [2.45, 2.75) is 25.8 Å². The van der Waals surface area contributed by atoms with Crippen molar-refractivity contribution in [2.75, 3.05) is 4.90 Å². The van der Waals surface area contributed by atoms with Gasteiger partial charge in [-0.25, -0.2) is 0 Å². The quantitative estimate of drug-likeness (QED) is 0.319.